The van der Waals surface area contributed by atoms with Gasteiger partial charge in [0, 0.05) is 12.1 Å². The molecule has 7 heteroatoms. The summed E-state index contributed by atoms with van der Waals surface area (Å²) in [5.74, 6) is 0.446. The number of halogens is 3. The van der Waals surface area contributed by atoms with Gasteiger partial charge in [-0.05, 0) is 24.1 Å². The molecule has 0 unspecified atom stereocenters. The van der Waals surface area contributed by atoms with E-state index in [0.717, 1.165) is 17.7 Å². The van der Waals surface area contributed by atoms with Crippen LogP contribution >= 0.6 is 0 Å². The van der Waals surface area contributed by atoms with Gasteiger partial charge in [-0.2, -0.15) is 18.2 Å². The molecule has 104 valence electrons. The van der Waals surface area contributed by atoms with Crippen molar-refractivity contribution in [2.24, 2.45) is 0 Å². The molecule has 0 saturated heterocycles. The average molecular weight is 281 g/mol. The standard InChI is InChI=1S/C13H10F3N3O/c14-13(15,16)8-3-1-2-7(6-8)10-9-4-5-17-11(9)19-12(20)18-10/h1-3,6H,4-5H2,(H2,17,18,19,20). The summed E-state index contributed by atoms with van der Waals surface area (Å²) in [7, 11) is 0. The predicted molar refractivity (Wildman–Crippen MR) is 67.5 cm³/mol. The summed E-state index contributed by atoms with van der Waals surface area (Å²) >= 11 is 0. The van der Waals surface area contributed by atoms with Crippen LogP contribution in [0.15, 0.2) is 29.1 Å². The zero-order chi connectivity index (χ0) is 14.3. The maximum absolute atomic E-state index is 12.7. The van der Waals surface area contributed by atoms with E-state index in [-0.39, 0.29) is 0 Å². The van der Waals surface area contributed by atoms with Crippen LogP contribution in [0.2, 0.25) is 0 Å². The molecule has 0 radical (unpaired) electrons. The molecular weight excluding hydrogens is 271 g/mol. The Kier molecular flexibility index (Phi) is 2.77. The third-order valence-electron chi connectivity index (χ3n) is 3.18. The van der Waals surface area contributed by atoms with Crippen LogP contribution in [0.5, 0.6) is 0 Å². The van der Waals surface area contributed by atoms with Crippen molar-refractivity contribution in [3.8, 4) is 11.3 Å². The topological polar surface area (TPSA) is 57.8 Å². The van der Waals surface area contributed by atoms with Gasteiger partial charge in [-0.3, -0.25) is 0 Å². The Morgan fingerprint density at radius 3 is 2.80 bits per heavy atom. The van der Waals surface area contributed by atoms with E-state index in [1.807, 2.05) is 0 Å². The highest BCUT2D eigenvalue weighted by Crippen LogP contribution is 2.34. The van der Waals surface area contributed by atoms with Gasteiger partial charge in [-0.25, -0.2) is 4.79 Å². The normalized spacial score (nSPS) is 13.9. The minimum absolute atomic E-state index is 0.333. The molecule has 2 heterocycles. The summed E-state index contributed by atoms with van der Waals surface area (Å²) in [5.41, 5.74) is 0.150. The summed E-state index contributed by atoms with van der Waals surface area (Å²) in [6.07, 6.45) is -3.80. The largest absolute Gasteiger partial charge is 0.416 e. The Hall–Kier alpha value is -2.31. The summed E-state index contributed by atoms with van der Waals surface area (Å²) in [6.45, 7) is 0.617. The third-order valence-corrected chi connectivity index (χ3v) is 3.18. The Morgan fingerprint density at radius 2 is 2.05 bits per heavy atom. The van der Waals surface area contributed by atoms with Gasteiger partial charge in [0.25, 0.3) is 0 Å². The van der Waals surface area contributed by atoms with Crippen molar-refractivity contribution >= 4 is 5.82 Å². The van der Waals surface area contributed by atoms with Crippen molar-refractivity contribution in [3.05, 3.63) is 45.9 Å². The molecular formula is C13H10F3N3O. The van der Waals surface area contributed by atoms with Gasteiger partial charge in [0.2, 0.25) is 0 Å². The van der Waals surface area contributed by atoms with E-state index < -0.39 is 17.4 Å². The molecule has 1 aliphatic heterocycles. The number of hydrogen-bond acceptors (Lipinski definition) is 3. The van der Waals surface area contributed by atoms with E-state index >= 15 is 0 Å². The Bertz CT molecular complexity index is 722. The Morgan fingerprint density at radius 1 is 1.25 bits per heavy atom. The summed E-state index contributed by atoms with van der Waals surface area (Å²) in [5, 5.41) is 2.94. The quantitative estimate of drug-likeness (QED) is 0.844. The molecule has 20 heavy (non-hydrogen) atoms. The first kappa shape index (κ1) is 12.7. The lowest BCUT2D eigenvalue weighted by molar-refractivity contribution is -0.137. The van der Waals surface area contributed by atoms with Gasteiger partial charge < -0.3 is 10.3 Å². The first-order valence-electron chi connectivity index (χ1n) is 6.00. The van der Waals surface area contributed by atoms with Crippen LogP contribution < -0.4 is 11.0 Å². The average Bonchev–Trinajstić information content (AvgIpc) is 2.85. The van der Waals surface area contributed by atoms with Crippen LogP contribution in [0, 0.1) is 0 Å². The van der Waals surface area contributed by atoms with Gasteiger partial charge >= 0.3 is 11.9 Å². The van der Waals surface area contributed by atoms with Gasteiger partial charge in [0.05, 0.1) is 11.3 Å². The van der Waals surface area contributed by atoms with Crippen molar-refractivity contribution in [2.45, 2.75) is 12.6 Å². The monoisotopic (exact) mass is 281 g/mol. The number of benzene rings is 1. The van der Waals surface area contributed by atoms with Gasteiger partial charge in [0.15, 0.2) is 0 Å². The van der Waals surface area contributed by atoms with Gasteiger partial charge in [-0.1, -0.05) is 12.1 Å². The molecule has 0 amide bonds. The zero-order valence-corrected chi connectivity index (χ0v) is 10.2. The number of aromatic nitrogens is 2. The maximum atomic E-state index is 12.7. The highest BCUT2D eigenvalue weighted by atomic mass is 19.4. The van der Waals surface area contributed by atoms with Crippen LogP contribution in [0.3, 0.4) is 0 Å². The number of anilines is 1. The van der Waals surface area contributed by atoms with E-state index in [1.165, 1.54) is 6.07 Å². The van der Waals surface area contributed by atoms with Crippen LogP contribution in [0.25, 0.3) is 11.3 Å². The minimum Gasteiger partial charge on any atom is -0.369 e. The number of nitrogens with zero attached hydrogens (tertiary/aromatic N) is 1. The second kappa shape index (κ2) is 4.36. The second-order valence-electron chi connectivity index (χ2n) is 4.50. The highest BCUT2D eigenvalue weighted by Gasteiger charge is 2.31. The summed E-state index contributed by atoms with van der Waals surface area (Å²) < 4.78 is 38.2. The SMILES string of the molecule is O=c1nc2c(c(-c3cccc(C(F)(F)F)c3)[nH]1)CCN2. The van der Waals surface area contributed by atoms with E-state index in [9.17, 15) is 18.0 Å². The highest BCUT2D eigenvalue weighted by molar-refractivity contribution is 5.70. The number of H-pyrrole nitrogens is 1. The first-order chi connectivity index (χ1) is 9.45. The smallest absolute Gasteiger partial charge is 0.369 e. The van der Waals surface area contributed by atoms with Gasteiger partial charge in [-0.15, -0.1) is 0 Å². The fourth-order valence-electron chi connectivity index (χ4n) is 2.29. The number of nitrogens with one attached hydrogen (secondary N) is 2. The lowest BCUT2D eigenvalue weighted by Gasteiger charge is -2.10. The Labute approximate surface area is 111 Å². The molecule has 0 spiro atoms. The molecule has 2 aromatic rings. The van der Waals surface area contributed by atoms with Gasteiger partial charge in [0.1, 0.15) is 5.82 Å². The van der Waals surface area contributed by atoms with Crippen molar-refractivity contribution < 1.29 is 13.2 Å². The lowest BCUT2D eigenvalue weighted by Crippen LogP contribution is -2.14. The first-order valence-corrected chi connectivity index (χ1v) is 6.00. The molecule has 0 bridgehead atoms. The number of fused-ring (bicyclic) bond motifs is 1. The van der Waals surface area contributed by atoms with Crippen LogP contribution in [0.1, 0.15) is 11.1 Å². The molecule has 0 saturated carbocycles. The van der Waals surface area contributed by atoms with Crippen molar-refractivity contribution in [1.29, 1.82) is 0 Å². The maximum Gasteiger partial charge on any atom is 0.416 e. The lowest BCUT2D eigenvalue weighted by atomic mass is 10.0. The summed E-state index contributed by atoms with van der Waals surface area (Å²) in [4.78, 5) is 17.8. The molecule has 0 aliphatic carbocycles. The van der Waals surface area contributed by atoms with Crippen LogP contribution in [0.4, 0.5) is 19.0 Å². The number of alkyl halides is 3. The zero-order valence-electron chi connectivity index (χ0n) is 10.2. The van der Waals surface area contributed by atoms with Crippen LogP contribution in [-0.2, 0) is 12.6 Å². The fourth-order valence-corrected chi connectivity index (χ4v) is 2.29. The number of hydrogen-bond donors (Lipinski definition) is 2. The molecule has 2 N–H and O–H groups in total. The third kappa shape index (κ3) is 2.15. The molecule has 1 aromatic heterocycles. The Balaban J connectivity index is 2.17. The number of aromatic amines is 1. The van der Waals surface area contributed by atoms with E-state index in [0.29, 0.717) is 30.0 Å². The van der Waals surface area contributed by atoms with Crippen molar-refractivity contribution in [2.75, 3.05) is 11.9 Å². The predicted octanol–water partition coefficient (Wildman–Crippen LogP) is 2.42. The fraction of sp³-hybridized carbons (Fsp3) is 0.231. The molecule has 0 fully saturated rings. The molecule has 1 aliphatic rings. The van der Waals surface area contributed by atoms with Crippen LogP contribution in [-0.4, -0.2) is 16.5 Å². The molecule has 1 aromatic carbocycles. The molecule has 3 rings (SSSR count). The molecule has 0 atom stereocenters. The molecule has 4 nitrogen and oxygen atoms in total. The van der Waals surface area contributed by atoms with Crippen molar-refractivity contribution in [1.82, 2.24) is 9.97 Å². The van der Waals surface area contributed by atoms with E-state index in [1.54, 1.807) is 6.07 Å². The second-order valence-corrected chi connectivity index (χ2v) is 4.50. The van der Waals surface area contributed by atoms with Crippen molar-refractivity contribution in [3.63, 3.8) is 0 Å². The summed E-state index contributed by atoms with van der Waals surface area (Å²) in [6, 6.07) is 4.90. The van der Waals surface area contributed by atoms with E-state index in [2.05, 4.69) is 15.3 Å². The number of rotatable bonds is 1. The minimum atomic E-state index is -4.41. The van der Waals surface area contributed by atoms with E-state index in [4.69, 9.17) is 0 Å².